The van der Waals surface area contributed by atoms with E-state index in [1.807, 2.05) is 0 Å². The lowest BCUT2D eigenvalue weighted by atomic mass is 11.6. The molecular weight excluding hydrogens is 235 g/mol. The molecule has 2 nitrogen and oxygen atoms in total. The topological polar surface area (TPSA) is 34.1 Å². The number of halogens is 6. The Morgan fingerprint density at radius 2 is 1.09 bits per heavy atom. The van der Waals surface area contributed by atoms with Crippen molar-refractivity contribution in [2.75, 3.05) is 0 Å². The minimum atomic E-state index is -6.15. The Morgan fingerprint density at radius 1 is 0.909 bits per heavy atom. The zero-order valence-electron chi connectivity index (χ0n) is 4.49. The van der Waals surface area contributed by atoms with Crippen molar-refractivity contribution in [2.24, 2.45) is 0 Å². The lowest BCUT2D eigenvalue weighted by molar-refractivity contribution is 0.140. The van der Waals surface area contributed by atoms with E-state index in [0.29, 0.717) is 0 Å². The van der Waals surface area contributed by atoms with Crippen LogP contribution in [0.3, 0.4) is 0 Å². The Hall–Kier alpha value is 0.250. The third kappa shape index (κ3) is 2.09. The molecule has 0 aromatic carbocycles. The molecule has 0 unspecified atom stereocenters. The standard InChI is InChI=1S/C2Cl2F4O2S/c3-1(5,6)11(9,10)2(4,7)8. The quantitative estimate of drug-likeness (QED) is 0.541. The zero-order chi connectivity index (χ0) is 9.50. The SMILES string of the molecule is O=S(=O)(C(F)(F)Cl)C(F)(F)Cl. The van der Waals surface area contributed by atoms with Crippen molar-refractivity contribution >= 4 is 33.0 Å². The van der Waals surface area contributed by atoms with E-state index in [-0.39, 0.29) is 0 Å². The van der Waals surface area contributed by atoms with Crippen molar-refractivity contribution in [1.82, 2.24) is 0 Å². The van der Waals surface area contributed by atoms with Gasteiger partial charge in [0.25, 0.3) is 0 Å². The normalized spacial score (nSPS) is 15.1. The number of sulfone groups is 1. The van der Waals surface area contributed by atoms with E-state index in [1.165, 1.54) is 0 Å². The van der Waals surface area contributed by atoms with Crippen LogP contribution in [-0.4, -0.2) is 17.8 Å². The molecular formula is C2Cl2F4O2S. The maximum atomic E-state index is 11.6. The van der Waals surface area contributed by atoms with Crippen LogP contribution in [0.5, 0.6) is 0 Å². The molecule has 0 saturated carbocycles. The molecule has 9 heteroatoms. The zero-order valence-corrected chi connectivity index (χ0v) is 6.82. The van der Waals surface area contributed by atoms with Crippen LogP contribution < -0.4 is 0 Å². The molecule has 68 valence electrons. The Balaban J connectivity index is 5.11. The van der Waals surface area contributed by atoms with Gasteiger partial charge in [-0.05, 0) is 23.2 Å². The molecule has 0 N–H and O–H groups in total. The largest absolute Gasteiger partial charge is 0.430 e. The summed E-state index contributed by atoms with van der Waals surface area (Å²) in [5.41, 5.74) is 0. The summed E-state index contributed by atoms with van der Waals surface area (Å²) in [5.74, 6) is 0. The van der Waals surface area contributed by atoms with Gasteiger partial charge in [0, 0.05) is 0 Å². The maximum Gasteiger partial charge on any atom is 0.430 e. The average molecular weight is 235 g/mol. The number of rotatable bonds is 2. The van der Waals surface area contributed by atoms with Gasteiger partial charge >= 0.3 is 19.3 Å². The summed E-state index contributed by atoms with van der Waals surface area (Å²) >= 11 is 7.65. The maximum absolute atomic E-state index is 11.6. The molecule has 11 heavy (non-hydrogen) atoms. The van der Waals surface area contributed by atoms with Crippen molar-refractivity contribution in [3.05, 3.63) is 0 Å². The summed E-state index contributed by atoms with van der Waals surface area (Å²) in [6.45, 7) is 0. The van der Waals surface area contributed by atoms with E-state index in [9.17, 15) is 26.0 Å². The smallest absolute Gasteiger partial charge is 0.213 e. The van der Waals surface area contributed by atoms with Crippen LogP contribution in [0.15, 0.2) is 0 Å². The Bertz CT molecular complexity index is 216. The van der Waals surface area contributed by atoms with Gasteiger partial charge in [0.15, 0.2) is 0 Å². The van der Waals surface area contributed by atoms with Gasteiger partial charge in [0.1, 0.15) is 0 Å². The Morgan fingerprint density at radius 3 is 1.09 bits per heavy atom. The molecule has 0 rings (SSSR count). The first-order valence-corrected chi connectivity index (χ1v) is 4.11. The summed E-state index contributed by atoms with van der Waals surface area (Å²) in [7, 11) is -6.15. The van der Waals surface area contributed by atoms with Gasteiger partial charge in [-0.15, -0.1) is 0 Å². The minimum absolute atomic E-state index is 3.82. The third-order valence-corrected chi connectivity index (χ3v) is 3.05. The van der Waals surface area contributed by atoms with Crippen molar-refractivity contribution in [3.63, 3.8) is 0 Å². The molecule has 0 spiro atoms. The van der Waals surface area contributed by atoms with E-state index >= 15 is 0 Å². The molecule has 0 aliphatic carbocycles. The minimum Gasteiger partial charge on any atom is -0.213 e. The average Bonchev–Trinajstić information content (AvgIpc) is 1.58. The highest BCUT2D eigenvalue weighted by Gasteiger charge is 2.59. The van der Waals surface area contributed by atoms with Gasteiger partial charge < -0.3 is 0 Å². The third-order valence-electron chi connectivity index (χ3n) is 0.609. The Kier molecular flexibility index (Phi) is 2.69. The van der Waals surface area contributed by atoms with Crippen LogP contribution >= 0.6 is 23.2 Å². The monoisotopic (exact) mass is 234 g/mol. The number of alkyl halides is 6. The second-order valence-corrected chi connectivity index (χ2v) is 4.82. The lowest BCUT2D eigenvalue weighted by Crippen LogP contribution is -2.34. The van der Waals surface area contributed by atoms with Crippen molar-refractivity contribution in [2.45, 2.75) is 9.43 Å². The second-order valence-electron chi connectivity index (χ2n) is 1.39. The summed E-state index contributed by atoms with van der Waals surface area (Å²) < 4.78 is 56.1. The molecule has 0 aromatic rings. The van der Waals surface area contributed by atoms with Crippen molar-refractivity contribution in [3.8, 4) is 0 Å². The predicted octanol–water partition coefficient (Wildman–Crippen LogP) is 1.98. The van der Waals surface area contributed by atoms with E-state index in [1.54, 1.807) is 0 Å². The molecule has 0 fully saturated rings. The van der Waals surface area contributed by atoms with Crippen molar-refractivity contribution in [1.29, 1.82) is 0 Å². The van der Waals surface area contributed by atoms with Gasteiger partial charge in [-0.2, -0.15) is 17.6 Å². The van der Waals surface area contributed by atoms with Gasteiger partial charge in [0.05, 0.1) is 0 Å². The first kappa shape index (κ1) is 11.2. The fraction of sp³-hybridized carbons (Fsp3) is 1.00. The molecule has 0 radical (unpaired) electrons. The van der Waals surface area contributed by atoms with E-state index < -0.39 is 19.3 Å². The van der Waals surface area contributed by atoms with E-state index in [2.05, 4.69) is 23.2 Å². The van der Waals surface area contributed by atoms with Crippen LogP contribution in [0.1, 0.15) is 0 Å². The number of hydrogen-bond acceptors (Lipinski definition) is 2. The highest BCUT2D eigenvalue weighted by molar-refractivity contribution is 7.95. The van der Waals surface area contributed by atoms with Gasteiger partial charge in [-0.3, -0.25) is 0 Å². The van der Waals surface area contributed by atoms with Crippen LogP contribution in [0.25, 0.3) is 0 Å². The van der Waals surface area contributed by atoms with Gasteiger partial charge in [0.2, 0.25) is 0 Å². The first-order chi connectivity index (χ1) is 4.50. The summed E-state index contributed by atoms with van der Waals surface area (Å²) in [5, 5.41) is 0. The molecule has 0 saturated heterocycles. The first-order valence-electron chi connectivity index (χ1n) is 1.88. The fourth-order valence-corrected chi connectivity index (χ4v) is 1.09. The van der Waals surface area contributed by atoms with Crippen LogP contribution in [0, 0.1) is 0 Å². The fourth-order valence-electron chi connectivity index (χ4n) is 0.131. The molecule has 0 aromatic heterocycles. The van der Waals surface area contributed by atoms with Crippen molar-refractivity contribution < 1.29 is 26.0 Å². The van der Waals surface area contributed by atoms with Gasteiger partial charge in [-0.1, -0.05) is 0 Å². The second kappa shape index (κ2) is 2.63. The van der Waals surface area contributed by atoms with Crippen LogP contribution in [0.4, 0.5) is 17.6 Å². The molecule has 0 amide bonds. The Labute approximate surface area is 69.0 Å². The molecule has 0 atom stereocenters. The summed E-state index contributed by atoms with van der Waals surface area (Å²) in [6.07, 6.45) is 0. The van der Waals surface area contributed by atoms with E-state index in [4.69, 9.17) is 0 Å². The molecule has 0 bridgehead atoms. The lowest BCUT2D eigenvalue weighted by Gasteiger charge is -2.12. The van der Waals surface area contributed by atoms with Crippen LogP contribution in [-0.2, 0) is 9.84 Å². The molecule has 0 heterocycles. The molecule has 0 aliphatic heterocycles. The van der Waals surface area contributed by atoms with Crippen LogP contribution in [0.2, 0.25) is 0 Å². The highest BCUT2D eigenvalue weighted by Crippen LogP contribution is 2.39. The summed E-state index contributed by atoms with van der Waals surface area (Å²) in [4.78, 5) is 0. The highest BCUT2D eigenvalue weighted by atomic mass is 35.5. The van der Waals surface area contributed by atoms with Gasteiger partial charge in [-0.25, -0.2) is 8.42 Å². The van der Waals surface area contributed by atoms with E-state index in [0.717, 1.165) is 0 Å². The number of hydrogen-bond donors (Lipinski definition) is 0. The molecule has 0 aliphatic rings. The summed E-state index contributed by atoms with van der Waals surface area (Å²) in [6, 6.07) is 0. The predicted molar refractivity (Wildman–Crippen MR) is 30.5 cm³/mol.